The number of nitrogens with one attached hydrogen (secondary N) is 1. The zero-order valence-corrected chi connectivity index (χ0v) is 12.5. The molecule has 0 radical (unpaired) electrons. The summed E-state index contributed by atoms with van der Waals surface area (Å²) in [5, 5.41) is 7.62. The summed E-state index contributed by atoms with van der Waals surface area (Å²) in [7, 11) is 3.64. The molecule has 0 saturated heterocycles. The Bertz CT molecular complexity index is 550. The van der Waals surface area contributed by atoms with Crippen molar-refractivity contribution in [1.29, 1.82) is 0 Å². The average molecular weight is 274 g/mol. The van der Waals surface area contributed by atoms with Gasteiger partial charge in [-0.2, -0.15) is 5.10 Å². The third-order valence-corrected chi connectivity index (χ3v) is 3.37. The molecule has 0 bridgehead atoms. The SMILES string of the molecule is CNC(Cc1ncnn1C(C)C)c1cccc(OC)c1. The molecule has 1 unspecified atom stereocenters. The summed E-state index contributed by atoms with van der Waals surface area (Å²) in [4.78, 5) is 4.37. The van der Waals surface area contributed by atoms with E-state index >= 15 is 0 Å². The van der Waals surface area contributed by atoms with Gasteiger partial charge in [0.1, 0.15) is 17.9 Å². The maximum Gasteiger partial charge on any atom is 0.138 e. The van der Waals surface area contributed by atoms with Gasteiger partial charge in [0.25, 0.3) is 0 Å². The standard InChI is InChI=1S/C15H22N4O/c1-11(2)19-15(17-10-18-19)9-14(16-3)12-6-5-7-13(8-12)20-4/h5-8,10-11,14,16H,9H2,1-4H3. The molecule has 1 atom stereocenters. The molecule has 1 heterocycles. The van der Waals surface area contributed by atoms with Gasteiger partial charge in [-0.3, -0.25) is 0 Å². The zero-order chi connectivity index (χ0) is 14.5. The number of hydrogen-bond acceptors (Lipinski definition) is 4. The summed E-state index contributed by atoms with van der Waals surface area (Å²) in [6.07, 6.45) is 2.41. The summed E-state index contributed by atoms with van der Waals surface area (Å²) in [5.41, 5.74) is 1.19. The third kappa shape index (κ3) is 3.17. The molecule has 0 aliphatic carbocycles. The Kier molecular flexibility index (Phi) is 4.74. The Morgan fingerprint density at radius 2 is 2.15 bits per heavy atom. The molecule has 0 fully saturated rings. The molecule has 0 spiro atoms. The number of methoxy groups -OCH3 is 1. The molecule has 1 aromatic carbocycles. The first kappa shape index (κ1) is 14.5. The van der Waals surface area contributed by atoms with Gasteiger partial charge in [-0.25, -0.2) is 9.67 Å². The van der Waals surface area contributed by atoms with Crippen molar-refractivity contribution in [2.75, 3.05) is 14.2 Å². The number of ether oxygens (including phenoxy) is 1. The Morgan fingerprint density at radius 3 is 2.80 bits per heavy atom. The van der Waals surface area contributed by atoms with Gasteiger partial charge in [-0.1, -0.05) is 12.1 Å². The van der Waals surface area contributed by atoms with E-state index in [0.29, 0.717) is 6.04 Å². The molecule has 5 nitrogen and oxygen atoms in total. The molecule has 108 valence electrons. The summed E-state index contributed by atoms with van der Waals surface area (Å²) < 4.78 is 7.25. The van der Waals surface area contributed by atoms with Crippen LogP contribution in [0.5, 0.6) is 5.75 Å². The van der Waals surface area contributed by atoms with Gasteiger partial charge in [-0.15, -0.1) is 0 Å². The fraction of sp³-hybridized carbons (Fsp3) is 0.467. The molecule has 1 N–H and O–H groups in total. The summed E-state index contributed by atoms with van der Waals surface area (Å²) in [5.74, 6) is 1.86. The van der Waals surface area contributed by atoms with Crippen molar-refractivity contribution in [2.45, 2.75) is 32.4 Å². The predicted octanol–water partition coefficient (Wildman–Crippen LogP) is 2.37. The Balaban J connectivity index is 2.22. The minimum Gasteiger partial charge on any atom is -0.497 e. The van der Waals surface area contributed by atoms with Crippen molar-refractivity contribution in [3.05, 3.63) is 42.0 Å². The molecular weight excluding hydrogens is 252 g/mol. The molecule has 1 aromatic heterocycles. The van der Waals surface area contributed by atoms with Crippen molar-refractivity contribution in [3.63, 3.8) is 0 Å². The van der Waals surface area contributed by atoms with Crippen molar-refractivity contribution in [1.82, 2.24) is 20.1 Å². The normalized spacial score (nSPS) is 12.7. The first-order valence-electron chi connectivity index (χ1n) is 6.85. The first-order valence-corrected chi connectivity index (χ1v) is 6.85. The van der Waals surface area contributed by atoms with Crippen molar-refractivity contribution in [3.8, 4) is 5.75 Å². The Labute approximate surface area is 120 Å². The maximum atomic E-state index is 5.29. The second kappa shape index (κ2) is 6.52. The lowest BCUT2D eigenvalue weighted by molar-refractivity contribution is 0.412. The Morgan fingerprint density at radius 1 is 1.35 bits per heavy atom. The van der Waals surface area contributed by atoms with Crippen LogP contribution in [0.15, 0.2) is 30.6 Å². The van der Waals surface area contributed by atoms with Crippen LogP contribution >= 0.6 is 0 Å². The van der Waals surface area contributed by atoms with Gasteiger partial charge in [-0.05, 0) is 38.6 Å². The smallest absolute Gasteiger partial charge is 0.138 e. The lowest BCUT2D eigenvalue weighted by atomic mass is 10.0. The molecule has 2 aromatic rings. The molecule has 5 heteroatoms. The average Bonchev–Trinajstić information content (AvgIpc) is 2.93. The minimum atomic E-state index is 0.187. The van der Waals surface area contributed by atoms with Crippen LogP contribution in [0, 0.1) is 0 Å². The van der Waals surface area contributed by atoms with E-state index < -0.39 is 0 Å². The van der Waals surface area contributed by atoms with Crippen molar-refractivity contribution in [2.24, 2.45) is 0 Å². The van der Waals surface area contributed by atoms with Crippen LogP contribution in [-0.2, 0) is 6.42 Å². The highest BCUT2D eigenvalue weighted by molar-refractivity contribution is 5.31. The van der Waals surface area contributed by atoms with Crippen LogP contribution in [0.3, 0.4) is 0 Å². The molecule has 20 heavy (non-hydrogen) atoms. The zero-order valence-electron chi connectivity index (χ0n) is 12.5. The Hall–Kier alpha value is -1.88. The van der Waals surface area contributed by atoms with Gasteiger partial charge >= 0.3 is 0 Å². The fourth-order valence-corrected chi connectivity index (χ4v) is 2.28. The first-order chi connectivity index (χ1) is 9.65. The van der Waals surface area contributed by atoms with Crippen molar-refractivity contribution >= 4 is 0 Å². The van der Waals surface area contributed by atoms with E-state index in [-0.39, 0.29) is 6.04 Å². The minimum absolute atomic E-state index is 0.187. The quantitative estimate of drug-likeness (QED) is 0.878. The second-order valence-electron chi connectivity index (χ2n) is 5.04. The number of benzene rings is 1. The number of nitrogens with zero attached hydrogens (tertiary/aromatic N) is 3. The van der Waals surface area contributed by atoms with Crippen LogP contribution in [0.2, 0.25) is 0 Å². The fourth-order valence-electron chi connectivity index (χ4n) is 2.28. The largest absolute Gasteiger partial charge is 0.497 e. The van der Waals surface area contributed by atoms with E-state index in [9.17, 15) is 0 Å². The van der Waals surface area contributed by atoms with Gasteiger partial charge < -0.3 is 10.1 Å². The molecule has 0 saturated carbocycles. The van der Waals surface area contributed by atoms with E-state index in [1.807, 2.05) is 23.9 Å². The van der Waals surface area contributed by atoms with Crippen molar-refractivity contribution < 1.29 is 4.74 Å². The third-order valence-electron chi connectivity index (χ3n) is 3.37. The van der Waals surface area contributed by atoms with Crippen LogP contribution in [0.1, 0.15) is 37.3 Å². The van der Waals surface area contributed by atoms with Gasteiger partial charge in [0, 0.05) is 18.5 Å². The van der Waals surface area contributed by atoms with Crippen LogP contribution < -0.4 is 10.1 Å². The second-order valence-corrected chi connectivity index (χ2v) is 5.04. The summed E-state index contributed by atoms with van der Waals surface area (Å²) >= 11 is 0. The number of likely N-dealkylation sites (N-methyl/N-ethyl adjacent to an activating group) is 1. The maximum absolute atomic E-state index is 5.29. The highest BCUT2D eigenvalue weighted by Gasteiger charge is 2.16. The molecule has 0 aliphatic heterocycles. The van der Waals surface area contributed by atoms with E-state index in [4.69, 9.17) is 4.74 Å². The molecule has 2 rings (SSSR count). The number of rotatable bonds is 6. The van der Waals surface area contributed by atoms with E-state index in [2.05, 4.69) is 41.4 Å². The predicted molar refractivity (Wildman–Crippen MR) is 78.9 cm³/mol. The van der Waals surface area contributed by atoms with Crippen LogP contribution in [0.4, 0.5) is 0 Å². The number of hydrogen-bond donors (Lipinski definition) is 1. The molecule has 0 aliphatic rings. The molecule has 0 amide bonds. The lowest BCUT2D eigenvalue weighted by Gasteiger charge is -2.18. The van der Waals surface area contributed by atoms with E-state index in [1.165, 1.54) is 5.56 Å². The van der Waals surface area contributed by atoms with Crippen LogP contribution in [0.25, 0.3) is 0 Å². The highest BCUT2D eigenvalue weighted by Crippen LogP contribution is 2.22. The summed E-state index contributed by atoms with van der Waals surface area (Å²) in [6.45, 7) is 4.22. The summed E-state index contributed by atoms with van der Waals surface area (Å²) in [6, 6.07) is 8.61. The highest BCUT2D eigenvalue weighted by atomic mass is 16.5. The number of aromatic nitrogens is 3. The molecular formula is C15H22N4O. The van der Waals surface area contributed by atoms with Gasteiger partial charge in [0.05, 0.1) is 7.11 Å². The van der Waals surface area contributed by atoms with Gasteiger partial charge in [0.15, 0.2) is 0 Å². The van der Waals surface area contributed by atoms with E-state index in [0.717, 1.165) is 18.0 Å². The van der Waals surface area contributed by atoms with Gasteiger partial charge in [0.2, 0.25) is 0 Å². The topological polar surface area (TPSA) is 52.0 Å². The lowest BCUT2D eigenvalue weighted by Crippen LogP contribution is -2.21. The monoisotopic (exact) mass is 274 g/mol. The van der Waals surface area contributed by atoms with Crippen LogP contribution in [-0.4, -0.2) is 28.9 Å². The van der Waals surface area contributed by atoms with E-state index in [1.54, 1.807) is 13.4 Å².